The lowest BCUT2D eigenvalue weighted by molar-refractivity contribution is 0.206. The van der Waals surface area contributed by atoms with Crippen molar-refractivity contribution in [1.82, 2.24) is 29.4 Å². The quantitative estimate of drug-likeness (QED) is 0.788. The standard InChI is InChI=1S/C19H24N6O/c1-13-5-4-7-24-17(10-20-18(13)24)11-21-19(26)23-8-6-16(12-23)25-15(3)9-14(2)22-25/h4-5,7,9-10,16H,6,8,11-12H2,1-3H3,(H,21,26)/t16-/m1/s1. The van der Waals surface area contributed by atoms with Gasteiger partial charge in [0, 0.05) is 25.0 Å². The highest BCUT2D eigenvalue weighted by Gasteiger charge is 2.28. The molecule has 26 heavy (non-hydrogen) atoms. The number of likely N-dealkylation sites (tertiary alicyclic amines) is 1. The number of pyridine rings is 1. The highest BCUT2D eigenvalue weighted by molar-refractivity contribution is 5.74. The van der Waals surface area contributed by atoms with Gasteiger partial charge >= 0.3 is 6.03 Å². The first-order valence-electron chi connectivity index (χ1n) is 9.00. The van der Waals surface area contributed by atoms with Crippen molar-refractivity contribution in [1.29, 1.82) is 0 Å². The summed E-state index contributed by atoms with van der Waals surface area (Å²) in [6, 6.07) is 6.34. The van der Waals surface area contributed by atoms with Crippen LogP contribution >= 0.6 is 0 Å². The molecule has 0 radical (unpaired) electrons. The Morgan fingerprint density at radius 1 is 1.35 bits per heavy atom. The van der Waals surface area contributed by atoms with Gasteiger partial charge in [-0.15, -0.1) is 0 Å². The first-order chi connectivity index (χ1) is 12.5. The molecule has 1 saturated heterocycles. The maximum Gasteiger partial charge on any atom is 0.317 e. The summed E-state index contributed by atoms with van der Waals surface area (Å²) in [6.07, 6.45) is 4.74. The summed E-state index contributed by atoms with van der Waals surface area (Å²) in [4.78, 5) is 18.9. The van der Waals surface area contributed by atoms with E-state index >= 15 is 0 Å². The van der Waals surface area contributed by atoms with Crippen molar-refractivity contribution >= 4 is 11.7 Å². The van der Waals surface area contributed by atoms with Crippen molar-refractivity contribution in [2.24, 2.45) is 0 Å². The monoisotopic (exact) mass is 352 g/mol. The van der Waals surface area contributed by atoms with Crippen LogP contribution in [0, 0.1) is 20.8 Å². The van der Waals surface area contributed by atoms with Crippen molar-refractivity contribution in [2.75, 3.05) is 13.1 Å². The molecule has 1 aliphatic heterocycles. The average Bonchev–Trinajstić information content (AvgIpc) is 3.32. The van der Waals surface area contributed by atoms with Crippen LogP contribution in [-0.2, 0) is 6.54 Å². The molecule has 136 valence electrons. The molecule has 7 nitrogen and oxygen atoms in total. The molecular weight excluding hydrogens is 328 g/mol. The third-order valence-corrected chi connectivity index (χ3v) is 5.07. The number of urea groups is 1. The van der Waals surface area contributed by atoms with Crippen LogP contribution in [0.25, 0.3) is 5.65 Å². The molecule has 0 aliphatic carbocycles. The molecule has 3 aromatic heterocycles. The maximum absolute atomic E-state index is 12.6. The zero-order chi connectivity index (χ0) is 18.3. The van der Waals surface area contributed by atoms with Gasteiger partial charge in [-0.1, -0.05) is 6.07 Å². The molecule has 0 unspecified atom stereocenters. The zero-order valence-electron chi connectivity index (χ0n) is 15.4. The summed E-state index contributed by atoms with van der Waals surface area (Å²) in [6.45, 7) is 8.01. The molecule has 4 rings (SSSR count). The van der Waals surface area contributed by atoms with E-state index in [9.17, 15) is 4.79 Å². The molecule has 3 aromatic rings. The van der Waals surface area contributed by atoms with Crippen LogP contribution in [-0.4, -0.2) is 43.2 Å². The summed E-state index contributed by atoms with van der Waals surface area (Å²) in [5, 5.41) is 7.59. The van der Waals surface area contributed by atoms with Gasteiger partial charge < -0.3 is 14.6 Å². The summed E-state index contributed by atoms with van der Waals surface area (Å²) in [5.74, 6) is 0. The fraction of sp³-hybridized carbons (Fsp3) is 0.421. The number of carbonyl (C=O) groups is 1. The summed E-state index contributed by atoms with van der Waals surface area (Å²) < 4.78 is 4.08. The Kier molecular flexibility index (Phi) is 4.14. The number of rotatable bonds is 3. The van der Waals surface area contributed by atoms with Gasteiger partial charge in [-0.2, -0.15) is 5.10 Å². The fourth-order valence-electron chi connectivity index (χ4n) is 3.75. The van der Waals surface area contributed by atoms with E-state index in [2.05, 4.69) is 33.1 Å². The molecule has 0 bridgehead atoms. The van der Waals surface area contributed by atoms with Crippen LogP contribution in [0.4, 0.5) is 4.79 Å². The second kappa shape index (κ2) is 6.48. The molecule has 1 N–H and O–H groups in total. The second-order valence-corrected chi connectivity index (χ2v) is 7.05. The third kappa shape index (κ3) is 2.94. The summed E-state index contributed by atoms with van der Waals surface area (Å²) >= 11 is 0. The number of aromatic nitrogens is 4. The minimum Gasteiger partial charge on any atom is -0.332 e. The fourth-order valence-corrected chi connectivity index (χ4v) is 3.75. The number of fused-ring (bicyclic) bond motifs is 1. The predicted molar refractivity (Wildman–Crippen MR) is 99.1 cm³/mol. The Balaban J connectivity index is 1.39. The largest absolute Gasteiger partial charge is 0.332 e. The van der Waals surface area contributed by atoms with Gasteiger partial charge in [-0.3, -0.25) is 4.68 Å². The highest BCUT2D eigenvalue weighted by Crippen LogP contribution is 2.23. The SMILES string of the molecule is Cc1cc(C)n([C@@H]2CCN(C(=O)NCc3cnc4c(C)cccn34)C2)n1. The molecular formula is C19H24N6O. The lowest BCUT2D eigenvalue weighted by Crippen LogP contribution is -2.38. The Bertz CT molecular complexity index is 956. The Hall–Kier alpha value is -2.83. The minimum atomic E-state index is -0.0309. The lowest BCUT2D eigenvalue weighted by Gasteiger charge is -2.18. The number of hydrogen-bond acceptors (Lipinski definition) is 3. The van der Waals surface area contributed by atoms with Gasteiger partial charge in [0.2, 0.25) is 0 Å². The predicted octanol–water partition coefficient (Wildman–Crippen LogP) is 2.61. The molecule has 1 aliphatic rings. The number of nitrogens with one attached hydrogen (secondary N) is 1. The van der Waals surface area contributed by atoms with E-state index in [0.29, 0.717) is 13.1 Å². The van der Waals surface area contributed by atoms with Crippen molar-refractivity contribution in [2.45, 2.75) is 39.8 Å². The van der Waals surface area contributed by atoms with Gasteiger partial charge in [0.1, 0.15) is 5.65 Å². The van der Waals surface area contributed by atoms with Crippen molar-refractivity contribution < 1.29 is 4.79 Å². The molecule has 2 amide bonds. The first-order valence-corrected chi connectivity index (χ1v) is 9.00. The number of imidazole rings is 1. The minimum absolute atomic E-state index is 0.0309. The van der Waals surface area contributed by atoms with Gasteiger partial charge in [0.25, 0.3) is 0 Å². The smallest absolute Gasteiger partial charge is 0.317 e. The summed E-state index contributed by atoms with van der Waals surface area (Å²) in [7, 11) is 0. The first kappa shape index (κ1) is 16.6. The van der Waals surface area contributed by atoms with E-state index in [1.807, 2.05) is 47.7 Å². The molecule has 0 spiro atoms. The number of aryl methyl sites for hydroxylation is 3. The zero-order valence-corrected chi connectivity index (χ0v) is 15.4. The van der Waals surface area contributed by atoms with E-state index in [1.165, 1.54) is 0 Å². The van der Waals surface area contributed by atoms with E-state index in [0.717, 1.165) is 41.3 Å². The molecule has 0 saturated carbocycles. The van der Waals surface area contributed by atoms with E-state index in [4.69, 9.17) is 0 Å². The molecule has 1 atom stereocenters. The van der Waals surface area contributed by atoms with Crippen LogP contribution in [0.2, 0.25) is 0 Å². The number of hydrogen-bond donors (Lipinski definition) is 1. The average molecular weight is 352 g/mol. The lowest BCUT2D eigenvalue weighted by atomic mass is 10.2. The number of nitrogens with zero attached hydrogens (tertiary/aromatic N) is 5. The molecule has 0 aromatic carbocycles. The van der Waals surface area contributed by atoms with Crippen molar-refractivity contribution in [3.63, 3.8) is 0 Å². The second-order valence-electron chi connectivity index (χ2n) is 7.05. The highest BCUT2D eigenvalue weighted by atomic mass is 16.2. The van der Waals surface area contributed by atoms with Gasteiger partial charge in [0.15, 0.2) is 0 Å². The van der Waals surface area contributed by atoms with E-state index in [1.54, 1.807) is 0 Å². The number of amides is 2. The van der Waals surface area contributed by atoms with Crippen LogP contribution < -0.4 is 5.32 Å². The van der Waals surface area contributed by atoms with Crippen molar-refractivity contribution in [3.8, 4) is 0 Å². The molecule has 1 fully saturated rings. The summed E-state index contributed by atoms with van der Waals surface area (Å²) in [5.41, 5.74) is 5.20. The topological polar surface area (TPSA) is 67.5 Å². The Labute approximate surface area is 152 Å². The van der Waals surface area contributed by atoms with Gasteiger partial charge in [-0.05, 0) is 44.9 Å². The van der Waals surface area contributed by atoms with E-state index in [-0.39, 0.29) is 12.1 Å². The third-order valence-electron chi connectivity index (χ3n) is 5.07. The molecule has 7 heteroatoms. The van der Waals surface area contributed by atoms with Crippen LogP contribution in [0.15, 0.2) is 30.6 Å². The maximum atomic E-state index is 12.6. The molecule has 4 heterocycles. The Morgan fingerprint density at radius 3 is 2.96 bits per heavy atom. The van der Waals surface area contributed by atoms with Crippen LogP contribution in [0.5, 0.6) is 0 Å². The normalized spacial score (nSPS) is 17.2. The van der Waals surface area contributed by atoms with Crippen LogP contribution in [0.3, 0.4) is 0 Å². The number of carbonyl (C=O) groups excluding carboxylic acids is 1. The van der Waals surface area contributed by atoms with Gasteiger partial charge in [0.05, 0.1) is 30.2 Å². The van der Waals surface area contributed by atoms with E-state index < -0.39 is 0 Å². The van der Waals surface area contributed by atoms with Crippen molar-refractivity contribution in [3.05, 3.63) is 53.2 Å². The van der Waals surface area contributed by atoms with Crippen LogP contribution in [0.1, 0.15) is 35.1 Å². The Morgan fingerprint density at radius 2 is 2.19 bits per heavy atom. The van der Waals surface area contributed by atoms with Gasteiger partial charge in [-0.25, -0.2) is 9.78 Å².